The molecule has 0 aromatic heterocycles. The first-order valence-electron chi connectivity index (χ1n) is 6.89. The molecule has 1 aliphatic rings. The lowest BCUT2D eigenvalue weighted by Gasteiger charge is -2.21. The molecule has 0 radical (unpaired) electrons. The summed E-state index contributed by atoms with van der Waals surface area (Å²) in [6.45, 7) is 4.22. The number of ketones is 1. The van der Waals surface area contributed by atoms with Gasteiger partial charge in [-0.2, -0.15) is 0 Å². The standard InChI is InChI=1S/C16H22O2/c1-12-8-9-13(2)15(10-12)16(17)11-18-14-6-4-3-5-7-14/h8-10,14H,3-7,11H2,1-2H3. The quantitative estimate of drug-likeness (QED) is 0.755. The number of Topliss-reactive ketones (excluding diaryl/α,β-unsaturated/α-hetero) is 1. The average molecular weight is 246 g/mol. The highest BCUT2D eigenvalue weighted by molar-refractivity contribution is 5.98. The van der Waals surface area contributed by atoms with Crippen LogP contribution in [0.15, 0.2) is 18.2 Å². The molecule has 18 heavy (non-hydrogen) atoms. The SMILES string of the molecule is Cc1ccc(C)c(C(=O)COC2CCCCC2)c1. The molecule has 0 N–H and O–H groups in total. The molecule has 0 unspecified atom stereocenters. The van der Waals surface area contributed by atoms with Crippen molar-refractivity contribution < 1.29 is 9.53 Å². The van der Waals surface area contributed by atoms with E-state index < -0.39 is 0 Å². The van der Waals surface area contributed by atoms with Crippen LogP contribution in [0.2, 0.25) is 0 Å². The summed E-state index contributed by atoms with van der Waals surface area (Å²) in [5, 5.41) is 0. The highest BCUT2D eigenvalue weighted by Gasteiger charge is 2.16. The second-order valence-corrected chi connectivity index (χ2v) is 5.31. The van der Waals surface area contributed by atoms with Gasteiger partial charge in [0.05, 0.1) is 6.10 Å². The van der Waals surface area contributed by atoms with E-state index in [1.165, 1.54) is 19.3 Å². The Kier molecular flexibility index (Phi) is 4.54. The molecule has 1 aliphatic carbocycles. The predicted molar refractivity (Wildman–Crippen MR) is 73.1 cm³/mol. The Labute approximate surface area is 109 Å². The second kappa shape index (κ2) is 6.14. The summed E-state index contributed by atoms with van der Waals surface area (Å²) in [6.07, 6.45) is 6.31. The molecule has 1 fully saturated rings. The number of aryl methyl sites for hydroxylation is 2. The Morgan fingerprint density at radius 3 is 2.67 bits per heavy atom. The van der Waals surface area contributed by atoms with Gasteiger partial charge in [-0.1, -0.05) is 37.0 Å². The van der Waals surface area contributed by atoms with Crippen LogP contribution < -0.4 is 0 Å². The number of carbonyl (C=O) groups excluding carboxylic acids is 1. The van der Waals surface area contributed by atoms with Crippen molar-refractivity contribution >= 4 is 5.78 Å². The lowest BCUT2D eigenvalue weighted by Crippen LogP contribution is -2.21. The summed E-state index contributed by atoms with van der Waals surface area (Å²) in [4.78, 5) is 12.1. The van der Waals surface area contributed by atoms with E-state index >= 15 is 0 Å². The molecular formula is C16H22O2. The normalized spacial score (nSPS) is 16.8. The van der Waals surface area contributed by atoms with Crippen molar-refractivity contribution in [3.05, 3.63) is 34.9 Å². The maximum absolute atomic E-state index is 12.1. The number of hydrogen-bond donors (Lipinski definition) is 0. The van der Waals surface area contributed by atoms with E-state index in [4.69, 9.17) is 4.74 Å². The van der Waals surface area contributed by atoms with Gasteiger partial charge in [0.15, 0.2) is 5.78 Å². The Bertz CT molecular complexity index is 417. The molecule has 0 spiro atoms. The highest BCUT2D eigenvalue weighted by Crippen LogP contribution is 2.20. The van der Waals surface area contributed by atoms with E-state index in [1.54, 1.807) is 0 Å². The molecule has 1 aromatic rings. The first-order chi connectivity index (χ1) is 8.66. The minimum atomic E-state index is 0.113. The minimum Gasteiger partial charge on any atom is -0.370 e. The van der Waals surface area contributed by atoms with Crippen molar-refractivity contribution in [3.8, 4) is 0 Å². The van der Waals surface area contributed by atoms with Gasteiger partial charge in [0.1, 0.15) is 6.61 Å². The number of hydrogen-bond acceptors (Lipinski definition) is 2. The highest BCUT2D eigenvalue weighted by atomic mass is 16.5. The van der Waals surface area contributed by atoms with E-state index in [0.29, 0.717) is 6.10 Å². The van der Waals surface area contributed by atoms with Crippen molar-refractivity contribution in [2.24, 2.45) is 0 Å². The van der Waals surface area contributed by atoms with Gasteiger partial charge in [-0.25, -0.2) is 0 Å². The van der Waals surface area contributed by atoms with E-state index in [-0.39, 0.29) is 12.4 Å². The molecule has 0 heterocycles. The lowest BCUT2D eigenvalue weighted by molar-refractivity contribution is 0.0284. The van der Waals surface area contributed by atoms with Gasteiger partial charge in [-0.15, -0.1) is 0 Å². The average Bonchev–Trinajstić information content (AvgIpc) is 2.40. The van der Waals surface area contributed by atoms with Crippen LogP contribution >= 0.6 is 0 Å². The molecule has 0 atom stereocenters. The molecule has 1 saturated carbocycles. The molecule has 2 nitrogen and oxygen atoms in total. The van der Waals surface area contributed by atoms with E-state index in [0.717, 1.165) is 29.5 Å². The fourth-order valence-corrected chi connectivity index (χ4v) is 2.54. The topological polar surface area (TPSA) is 26.3 Å². The van der Waals surface area contributed by atoms with E-state index in [2.05, 4.69) is 0 Å². The smallest absolute Gasteiger partial charge is 0.188 e. The fourth-order valence-electron chi connectivity index (χ4n) is 2.54. The second-order valence-electron chi connectivity index (χ2n) is 5.31. The predicted octanol–water partition coefficient (Wildman–Crippen LogP) is 3.84. The van der Waals surface area contributed by atoms with Crippen LogP contribution in [0, 0.1) is 13.8 Å². The number of ether oxygens (including phenoxy) is 1. The van der Waals surface area contributed by atoms with Crippen LogP contribution in [-0.4, -0.2) is 18.5 Å². The first-order valence-corrected chi connectivity index (χ1v) is 6.89. The zero-order chi connectivity index (χ0) is 13.0. The molecule has 0 bridgehead atoms. The number of carbonyl (C=O) groups is 1. The molecule has 2 rings (SSSR count). The van der Waals surface area contributed by atoms with Crippen LogP contribution in [0.4, 0.5) is 0 Å². The zero-order valence-electron chi connectivity index (χ0n) is 11.4. The zero-order valence-corrected chi connectivity index (χ0v) is 11.4. The largest absolute Gasteiger partial charge is 0.370 e. The summed E-state index contributed by atoms with van der Waals surface area (Å²) >= 11 is 0. The van der Waals surface area contributed by atoms with Gasteiger partial charge in [0.2, 0.25) is 0 Å². The molecule has 0 aliphatic heterocycles. The van der Waals surface area contributed by atoms with Gasteiger partial charge in [-0.3, -0.25) is 4.79 Å². The Morgan fingerprint density at radius 1 is 1.22 bits per heavy atom. The summed E-state index contributed by atoms with van der Waals surface area (Å²) in [7, 11) is 0. The molecule has 1 aromatic carbocycles. The lowest BCUT2D eigenvalue weighted by atomic mass is 9.97. The molecular weight excluding hydrogens is 224 g/mol. The third-order valence-electron chi connectivity index (χ3n) is 3.70. The summed E-state index contributed by atoms with van der Waals surface area (Å²) in [5.74, 6) is 0.113. The van der Waals surface area contributed by atoms with E-state index in [9.17, 15) is 4.79 Å². The Hall–Kier alpha value is -1.15. The Balaban J connectivity index is 1.92. The Morgan fingerprint density at radius 2 is 1.94 bits per heavy atom. The minimum absolute atomic E-state index is 0.113. The third kappa shape index (κ3) is 3.42. The summed E-state index contributed by atoms with van der Waals surface area (Å²) in [5.41, 5.74) is 2.98. The first kappa shape index (κ1) is 13.3. The van der Waals surface area contributed by atoms with Crippen molar-refractivity contribution in [2.75, 3.05) is 6.61 Å². The van der Waals surface area contributed by atoms with Crippen molar-refractivity contribution in [2.45, 2.75) is 52.1 Å². The third-order valence-corrected chi connectivity index (χ3v) is 3.70. The molecule has 0 amide bonds. The van der Waals surface area contributed by atoms with Crippen LogP contribution in [-0.2, 0) is 4.74 Å². The van der Waals surface area contributed by atoms with Gasteiger partial charge >= 0.3 is 0 Å². The molecule has 2 heteroatoms. The van der Waals surface area contributed by atoms with Gasteiger partial charge in [-0.05, 0) is 38.3 Å². The van der Waals surface area contributed by atoms with Crippen LogP contribution in [0.5, 0.6) is 0 Å². The van der Waals surface area contributed by atoms with Crippen molar-refractivity contribution in [3.63, 3.8) is 0 Å². The number of rotatable bonds is 4. The number of benzene rings is 1. The van der Waals surface area contributed by atoms with Crippen LogP contribution in [0.25, 0.3) is 0 Å². The fraction of sp³-hybridized carbons (Fsp3) is 0.562. The van der Waals surface area contributed by atoms with Crippen molar-refractivity contribution in [1.82, 2.24) is 0 Å². The van der Waals surface area contributed by atoms with Crippen LogP contribution in [0.1, 0.15) is 53.6 Å². The van der Waals surface area contributed by atoms with Gasteiger partial charge in [0, 0.05) is 5.56 Å². The van der Waals surface area contributed by atoms with Gasteiger partial charge < -0.3 is 4.74 Å². The van der Waals surface area contributed by atoms with Crippen molar-refractivity contribution in [1.29, 1.82) is 0 Å². The van der Waals surface area contributed by atoms with E-state index in [1.807, 2.05) is 32.0 Å². The summed E-state index contributed by atoms with van der Waals surface area (Å²) in [6, 6.07) is 6.00. The summed E-state index contributed by atoms with van der Waals surface area (Å²) < 4.78 is 5.74. The maximum atomic E-state index is 12.1. The molecule has 0 saturated heterocycles. The maximum Gasteiger partial charge on any atom is 0.188 e. The molecule has 98 valence electrons. The van der Waals surface area contributed by atoms with Gasteiger partial charge in [0.25, 0.3) is 0 Å². The van der Waals surface area contributed by atoms with Crippen LogP contribution in [0.3, 0.4) is 0 Å². The monoisotopic (exact) mass is 246 g/mol.